The van der Waals surface area contributed by atoms with Crippen molar-refractivity contribution in [3.05, 3.63) is 22.3 Å². The minimum Gasteiger partial charge on any atom is -0.475 e. The lowest BCUT2D eigenvalue weighted by molar-refractivity contribution is -0.170. The third-order valence-electron chi connectivity index (χ3n) is 4.64. The monoisotopic (exact) mass is 375 g/mol. The van der Waals surface area contributed by atoms with E-state index in [4.69, 9.17) is 38.4 Å². The zero-order valence-electron chi connectivity index (χ0n) is 14.1. The van der Waals surface area contributed by atoms with Crippen molar-refractivity contribution in [2.75, 3.05) is 19.8 Å². The Morgan fingerprint density at radius 3 is 2.79 bits per heavy atom. The molecule has 1 fully saturated rings. The zero-order valence-corrected chi connectivity index (χ0v) is 15.6. The fourth-order valence-corrected chi connectivity index (χ4v) is 3.23. The first-order chi connectivity index (χ1) is 11.2. The molecule has 2 atom stereocenters. The van der Waals surface area contributed by atoms with Gasteiger partial charge in [-0.2, -0.15) is 0 Å². The van der Waals surface area contributed by atoms with Crippen molar-refractivity contribution in [2.45, 2.75) is 38.8 Å². The predicted octanol–water partition coefficient (Wildman–Crippen LogP) is 2.42. The van der Waals surface area contributed by atoms with E-state index >= 15 is 0 Å². The van der Waals surface area contributed by atoms with E-state index in [0.717, 1.165) is 0 Å². The molecule has 0 spiro atoms. The number of carbonyl (C=O) groups is 1. The molecule has 0 radical (unpaired) electrons. The van der Waals surface area contributed by atoms with Crippen LogP contribution in [-0.2, 0) is 9.53 Å². The highest BCUT2D eigenvalue weighted by atomic mass is 35.5. The molecule has 0 saturated heterocycles. The number of hydrogen-bond acceptors (Lipinski definition) is 5. The van der Waals surface area contributed by atoms with Crippen LogP contribution in [0.2, 0.25) is 10.0 Å². The third kappa shape index (κ3) is 3.61. The van der Waals surface area contributed by atoms with Gasteiger partial charge in [-0.25, -0.2) is 4.98 Å². The lowest BCUT2D eigenvalue weighted by Gasteiger charge is -2.57. The number of ether oxygens (including phenoxy) is 2. The van der Waals surface area contributed by atoms with Crippen LogP contribution in [0.5, 0.6) is 5.88 Å². The number of halogens is 2. The van der Waals surface area contributed by atoms with E-state index in [1.165, 1.54) is 6.20 Å². The summed E-state index contributed by atoms with van der Waals surface area (Å²) in [4.78, 5) is 16.4. The first kappa shape index (κ1) is 19.2. The Morgan fingerprint density at radius 1 is 1.50 bits per heavy atom. The van der Waals surface area contributed by atoms with Crippen LogP contribution in [0.3, 0.4) is 0 Å². The molecule has 1 amide bonds. The van der Waals surface area contributed by atoms with Crippen molar-refractivity contribution in [2.24, 2.45) is 11.1 Å². The number of carbonyl (C=O) groups excluding carboxylic acids is 1. The van der Waals surface area contributed by atoms with E-state index < -0.39 is 11.0 Å². The van der Waals surface area contributed by atoms with Gasteiger partial charge in [0.05, 0.1) is 17.7 Å². The van der Waals surface area contributed by atoms with Gasteiger partial charge in [0.25, 0.3) is 0 Å². The fraction of sp³-hybridized carbons (Fsp3) is 0.625. The first-order valence-corrected chi connectivity index (χ1v) is 8.60. The van der Waals surface area contributed by atoms with Crippen molar-refractivity contribution in [3.8, 4) is 5.88 Å². The van der Waals surface area contributed by atoms with E-state index in [1.54, 1.807) is 6.07 Å². The minimum absolute atomic E-state index is 0.00780. The lowest BCUT2D eigenvalue weighted by Crippen LogP contribution is -2.75. The molecule has 134 valence electrons. The standard InChI is InChI=1S/C16H23Cl2N3O3/c1-4-23-12-8-16(19,15(12,2)3)14(22)20-5-6-24-13-11(18)7-10(17)9-21-13/h7,9,12H,4-6,8,19H2,1-3H3,(H,20,22). The van der Waals surface area contributed by atoms with Crippen LogP contribution < -0.4 is 15.8 Å². The lowest BCUT2D eigenvalue weighted by atomic mass is 9.54. The quantitative estimate of drug-likeness (QED) is 0.714. The van der Waals surface area contributed by atoms with Crippen LogP contribution in [0.15, 0.2) is 12.3 Å². The maximum Gasteiger partial charge on any atom is 0.240 e. The van der Waals surface area contributed by atoms with Gasteiger partial charge in [-0.15, -0.1) is 0 Å². The number of aromatic nitrogens is 1. The zero-order chi connectivity index (χ0) is 18.0. The molecule has 1 aromatic heterocycles. The van der Waals surface area contributed by atoms with E-state index in [0.29, 0.717) is 29.6 Å². The number of nitrogens with zero attached hydrogens (tertiary/aromatic N) is 1. The van der Waals surface area contributed by atoms with Crippen molar-refractivity contribution in [1.82, 2.24) is 10.3 Å². The average Bonchev–Trinajstić information content (AvgIpc) is 2.52. The van der Waals surface area contributed by atoms with Gasteiger partial charge in [-0.1, -0.05) is 37.0 Å². The predicted molar refractivity (Wildman–Crippen MR) is 93.5 cm³/mol. The van der Waals surface area contributed by atoms with Gasteiger partial charge in [-0.05, 0) is 13.0 Å². The molecule has 8 heteroatoms. The summed E-state index contributed by atoms with van der Waals surface area (Å²) in [6.07, 6.45) is 1.94. The molecule has 0 aromatic carbocycles. The molecule has 24 heavy (non-hydrogen) atoms. The smallest absolute Gasteiger partial charge is 0.240 e. The highest BCUT2D eigenvalue weighted by Crippen LogP contribution is 2.49. The average molecular weight is 376 g/mol. The molecular weight excluding hydrogens is 353 g/mol. The van der Waals surface area contributed by atoms with Crippen molar-refractivity contribution in [3.63, 3.8) is 0 Å². The SMILES string of the molecule is CCOC1CC(N)(C(=O)NCCOc2ncc(Cl)cc2Cl)C1(C)C. The number of rotatable bonds is 7. The van der Waals surface area contributed by atoms with Gasteiger partial charge >= 0.3 is 0 Å². The highest BCUT2D eigenvalue weighted by Gasteiger charge is 2.62. The van der Waals surface area contributed by atoms with Gasteiger partial charge in [0.2, 0.25) is 11.8 Å². The van der Waals surface area contributed by atoms with Crippen LogP contribution >= 0.6 is 23.2 Å². The normalized spacial score (nSPS) is 25.0. The van der Waals surface area contributed by atoms with Crippen LogP contribution in [0.1, 0.15) is 27.2 Å². The Labute approximate surface area is 152 Å². The van der Waals surface area contributed by atoms with E-state index in [-0.39, 0.29) is 24.5 Å². The summed E-state index contributed by atoms with van der Waals surface area (Å²) in [5.41, 5.74) is 4.93. The van der Waals surface area contributed by atoms with E-state index in [9.17, 15) is 4.79 Å². The second-order valence-electron chi connectivity index (χ2n) is 6.39. The molecule has 0 bridgehead atoms. The molecule has 1 aliphatic carbocycles. The Morgan fingerprint density at radius 2 is 2.21 bits per heavy atom. The van der Waals surface area contributed by atoms with Crippen LogP contribution in [0.4, 0.5) is 0 Å². The summed E-state index contributed by atoms with van der Waals surface area (Å²) < 4.78 is 11.1. The van der Waals surface area contributed by atoms with Crippen LogP contribution in [-0.4, -0.2) is 42.3 Å². The summed E-state index contributed by atoms with van der Waals surface area (Å²) in [7, 11) is 0. The summed E-state index contributed by atoms with van der Waals surface area (Å²) in [6.45, 7) is 6.96. The van der Waals surface area contributed by atoms with Crippen molar-refractivity contribution < 1.29 is 14.3 Å². The summed E-state index contributed by atoms with van der Waals surface area (Å²) >= 11 is 11.7. The number of nitrogens with one attached hydrogen (secondary N) is 1. The molecule has 2 rings (SSSR count). The maximum atomic E-state index is 12.4. The third-order valence-corrected chi connectivity index (χ3v) is 5.11. The summed E-state index contributed by atoms with van der Waals surface area (Å²) in [5.74, 6) is 0.0698. The van der Waals surface area contributed by atoms with Gasteiger partial charge in [0.1, 0.15) is 17.2 Å². The highest BCUT2D eigenvalue weighted by molar-refractivity contribution is 6.35. The second-order valence-corrected chi connectivity index (χ2v) is 7.23. The number of nitrogens with two attached hydrogens (primary N) is 1. The van der Waals surface area contributed by atoms with E-state index in [1.807, 2.05) is 20.8 Å². The molecule has 1 saturated carbocycles. The fourth-order valence-electron chi connectivity index (χ4n) is 2.80. The Balaban J connectivity index is 1.81. The van der Waals surface area contributed by atoms with Gasteiger partial charge in [0, 0.05) is 24.6 Å². The van der Waals surface area contributed by atoms with Crippen LogP contribution in [0, 0.1) is 5.41 Å². The number of pyridine rings is 1. The Bertz CT molecular complexity index is 612. The largest absolute Gasteiger partial charge is 0.475 e. The van der Waals surface area contributed by atoms with Crippen molar-refractivity contribution >= 4 is 29.1 Å². The van der Waals surface area contributed by atoms with Gasteiger partial charge in [0.15, 0.2) is 0 Å². The minimum atomic E-state index is -0.941. The molecular formula is C16H23Cl2N3O3. The molecule has 6 nitrogen and oxygen atoms in total. The van der Waals surface area contributed by atoms with E-state index in [2.05, 4.69) is 10.3 Å². The molecule has 1 aliphatic rings. The number of hydrogen-bond donors (Lipinski definition) is 2. The topological polar surface area (TPSA) is 86.5 Å². The molecule has 1 heterocycles. The molecule has 2 unspecified atom stereocenters. The number of amides is 1. The Hall–Kier alpha value is -1.08. The second kappa shape index (κ2) is 7.44. The van der Waals surface area contributed by atoms with Crippen LogP contribution in [0.25, 0.3) is 0 Å². The maximum absolute atomic E-state index is 12.4. The summed E-state index contributed by atoms with van der Waals surface area (Å²) in [6, 6.07) is 1.55. The Kier molecular flexibility index (Phi) is 5.96. The molecule has 0 aliphatic heterocycles. The van der Waals surface area contributed by atoms with Gasteiger partial charge < -0.3 is 20.5 Å². The van der Waals surface area contributed by atoms with Gasteiger partial charge in [-0.3, -0.25) is 4.79 Å². The first-order valence-electron chi connectivity index (χ1n) is 7.85. The van der Waals surface area contributed by atoms with Crippen molar-refractivity contribution in [1.29, 1.82) is 0 Å². The summed E-state index contributed by atoms with van der Waals surface area (Å²) in [5, 5.41) is 3.56. The molecule has 3 N–H and O–H groups in total. The molecule has 1 aromatic rings.